The second kappa shape index (κ2) is 3.97. The van der Waals surface area contributed by atoms with Crippen LogP contribution in [0.2, 0.25) is 0 Å². The van der Waals surface area contributed by atoms with Gasteiger partial charge in [0.2, 0.25) is 0 Å². The van der Waals surface area contributed by atoms with Crippen molar-refractivity contribution in [1.29, 1.82) is 0 Å². The van der Waals surface area contributed by atoms with Gasteiger partial charge in [-0.1, -0.05) is 36.4 Å². The predicted molar refractivity (Wildman–Crippen MR) is 58.1 cm³/mol. The monoisotopic (exact) mass is 188 g/mol. The van der Waals surface area contributed by atoms with E-state index in [1.54, 1.807) is 0 Å². The van der Waals surface area contributed by atoms with E-state index < -0.39 is 0 Å². The molecule has 0 saturated carbocycles. The molecule has 1 heteroatoms. The largest absolute Gasteiger partial charge is 0.370 e. The first-order valence-corrected chi connectivity index (χ1v) is 5.18. The second-order valence-corrected chi connectivity index (χ2v) is 3.79. The molecule has 1 heterocycles. The fourth-order valence-electron chi connectivity index (χ4n) is 1.99. The summed E-state index contributed by atoms with van der Waals surface area (Å²) in [6, 6.07) is 10.5. The lowest BCUT2D eigenvalue weighted by Gasteiger charge is -2.42. The molecule has 1 unspecified atom stereocenters. The molecule has 1 aromatic carbocycles. The molecule has 0 spiro atoms. The van der Waals surface area contributed by atoms with Crippen LogP contribution in [0.25, 0.3) is 0 Å². The summed E-state index contributed by atoms with van der Waals surface area (Å²) in [5.74, 6) is 0. The van der Waals surface area contributed by atoms with Crippen LogP contribution in [0.3, 0.4) is 0 Å². The Balaban J connectivity index is 2.16. The average Bonchev–Trinajstić information content (AvgIpc) is 2.18. The normalized spacial score (nSPS) is 25.4. The van der Waals surface area contributed by atoms with Gasteiger partial charge in [-0.2, -0.15) is 0 Å². The summed E-state index contributed by atoms with van der Waals surface area (Å²) in [7, 11) is 0. The molecule has 1 fully saturated rings. The lowest BCUT2D eigenvalue weighted by Crippen LogP contribution is -2.40. The van der Waals surface area contributed by atoms with Gasteiger partial charge in [0.25, 0.3) is 0 Å². The Kier molecular flexibility index (Phi) is 2.69. The van der Waals surface area contributed by atoms with Crippen LogP contribution >= 0.6 is 0 Å². The first-order chi connectivity index (χ1) is 6.87. The average molecular weight is 188 g/mol. The van der Waals surface area contributed by atoms with E-state index in [1.807, 2.05) is 12.1 Å². The minimum atomic E-state index is -0.00451. The number of allylic oxidation sites excluding steroid dienone is 1. The highest BCUT2D eigenvalue weighted by Gasteiger charge is 2.38. The molecule has 1 aliphatic heterocycles. The number of hydrogen-bond donors (Lipinski definition) is 0. The number of benzene rings is 1. The number of hydrogen-bond acceptors (Lipinski definition) is 1. The van der Waals surface area contributed by atoms with E-state index in [-0.39, 0.29) is 5.60 Å². The first-order valence-electron chi connectivity index (χ1n) is 5.18. The van der Waals surface area contributed by atoms with Gasteiger partial charge in [-0.15, -0.1) is 6.58 Å². The Bertz CT molecular complexity index is 298. The molecular weight excluding hydrogens is 172 g/mol. The third kappa shape index (κ3) is 1.60. The molecule has 1 aliphatic rings. The summed E-state index contributed by atoms with van der Waals surface area (Å²) in [5, 5.41) is 0. The molecule has 0 aliphatic carbocycles. The summed E-state index contributed by atoms with van der Waals surface area (Å²) in [4.78, 5) is 0. The van der Waals surface area contributed by atoms with Crippen molar-refractivity contribution in [1.82, 2.24) is 0 Å². The van der Waals surface area contributed by atoms with Crippen molar-refractivity contribution >= 4 is 0 Å². The van der Waals surface area contributed by atoms with Crippen molar-refractivity contribution in [3.05, 3.63) is 48.6 Å². The molecule has 0 radical (unpaired) electrons. The minimum absolute atomic E-state index is 0.00451. The third-order valence-corrected chi connectivity index (χ3v) is 2.94. The molecule has 0 bridgehead atoms. The van der Waals surface area contributed by atoms with E-state index in [0.29, 0.717) is 0 Å². The van der Waals surface area contributed by atoms with Crippen LogP contribution in [-0.2, 0) is 10.3 Å². The third-order valence-electron chi connectivity index (χ3n) is 2.94. The fourth-order valence-corrected chi connectivity index (χ4v) is 1.99. The maximum Gasteiger partial charge on any atom is 0.0956 e. The van der Waals surface area contributed by atoms with Crippen LogP contribution in [0.1, 0.15) is 24.8 Å². The van der Waals surface area contributed by atoms with Crippen LogP contribution in [-0.4, -0.2) is 6.61 Å². The molecular formula is C13H16O. The van der Waals surface area contributed by atoms with Gasteiger partial charge in [-0.05, 0) is 18.4 Å². The standard InChI is InChI=1S/C13H16O/c1-2-3-9-13(10-11-14-13)12-7-5-4-6-8-12/h2,4-8H,1,3,9-11H2. The SMILES string of the molecule is C=CCCC1(c2ccccc2)CCO1. The Morgan fingerprint density at radius 1 is 1.36 bits per heavy atom. The molecule has 0 aromatic heterocycles. The second-order valence-electron chi connectivity index (χ2n) is 3.79. The van der Waals surface area contributed by atoms with Crippen LogP contribution < -0.4 is 0 Å². The Morgan fingerprint density at radius 3 is 2.57 bits per heavy atom. The van der Waals surface area contributed by atoms with Gasteiger partial charge in [0, 0.05) is 6.42 Å². The lowest BCUT2D eigenvalue weighted by atomic mass is 9.82. The van der Waals surface area contributed by atoms with Gasteiger partial charge in [-0.25, -0.2) is 0 Å². The topological polar surface area (TPSA) is 9.23 Å². The van der Waals surface area contributed by atoms with Gasteiger partial charge in [-0.3, -0.25) is 0 Å². The van der Waals surface area contributed by atoms with Gasteiger partial charge in [0.1, 0.15) is 0 Å². The molecule has 1 atom stereocenters. The highest BCUT2D eigenvalue weighted by molar-refractivity contribution is 5.24. The van der Waals surface area contributed by atoms with Crippen molar-refractivity contribution in [2.75, 3.05) is 6.61 Å². The minimum Gasteiger partial charge on any atom is -0.370 e. The van der Waals surface area contributed by atoms with Crippen molar-refractivity contribution in [2.45, 2.75) is 24.9 Å². The van der Waals surface area contributed by atoms with E-state index in [4.69, 9.17) is 4.74 Å². The molecule has 1 saturated heterocycles. The summed E-state index contributed by atoms with van der Waals surface area (Å²) in [6.07, 6.45) is 5.19. The predicted octanol–water partition coefficient (Wildman–Crippen LogP) is 3.27. The highest BCUT2D eigenvalue weighted by atomic mass is 16.5. The van der Waals surface area contributed by atoms with Crippen LogP contribution in [0.5, 0.6) is 0 Å². The van der Waals surface area contributed by atoms with Crippen molar-refractivity contribution in [3.8, 4) is 0 Å². The molecule has 0 amide bonds. The van der Waals surface area contributed by atoms with Gasteiger partial charge in [0.05, 0.1) is 12.2 Å². The lowest BCUT2D eigenvalue weighted by molar-refractivity contribution is -0.158. The Hall–Kier alpha value is -1.08. The quantitative estimate of drug-likeness (QED) is 0.659. The summed E-state index contributed by atoms with van der Waals surface area (Å²) in [5.41, 5.74) is 1.31. The zero-order valence-corrected chi connectivity index (χ0v) is 8.41. The van der Waals surface area contributed by atoms with E-state index in [1.165, 1.54) is 5.56 Å². The maximum atomic E-state index is 5.76. The highest BCUT2D eigenvalue weighted by Crippen LogP contribution is 2.41. The summed E-state index contributed by atoms with van der Waals surface area (Å²) < 4.78 is 5.76. The zero-order chi connectivity index (χ0) is 9.86. The van der Waals surface area contributed by atoms with Crippen LogP contribution in [0.15, 0.2) is 43.0 Å². The van der Waals surface area contributed by atoms with Crippen LogP contribution in [0.4, 0.5) is 0 Å². The Morgan fingerprint density at radius 2 is 2.07 bits per heavy atom. The molecule has 74 valence electrons. The van der Waals surface area contributed by atoms with E-state index in [2.05, 4.69) is 30.8 Å². The number of ether oxygens (including phenoxy) is 1. The molecule has 1 nitrogen and oxygen atoms in total. The van der Waals surface area contributed by atoms with Gasteiger partial charge >= 0.3 is 0 Å². The Labute approximate surface area is 85.4 Å². The fraction of sp³-hybridized carbons (Fsp3) is 0.385. The molecule has 2 rings (SSSR count). The molecule has 14 heavy (non-hydrogen) atoms. The first kappa shape index (κ1) is 9.47. The summed E-state index contributed by atoms with van der Waals surface area (Å²) in [6.45, 7) is 4.66. The van der Waals surface area contributed by atoms with E-state index in [9.17, 15) is 0 Å². The molecule has 0 N–H and O–H groups in total. The van der Waals surface area contributed by atoms with Crippen LogP contribution in [0, 0.1) is 0 Å². The van der Waals surface area contributed by atoms with E-state index >= 15 is 0 Å². The van der Waals surface area contributed by atoms with E-state index in [0.717, 1.165) is 25.9 Å². The zero-order valence-electron chi connectivity index (χ0n) is 8.41. The van der Waals surface area contributed by atoms with Crippen molar-refractivity contribution in [3.63, 3.8) is 0 Å². The maximum absolute atomic E-state index is 5.76. The summed E-state index contributed by atoms with van der Waals surface area (Å²) >= 11 is 0. The van der Waals surface area contributed by atoms with Crippen molar-refractivity contribution < 1.29 is 4.74 Å². The smallest absolute Gasteiger partial charge is 0.0956 e. The number of rotatable bonds is 4. The van der Waals surface area contributed by atoms with Gasteiger partial charge in [0.15, 0.2) is 0 Å². The van der Waals surface area contributed by atoms with Crippen molar-refractivity contribution in [2.24, 2.45) is 0 Å². The van der Waals surface area contributed by atoms with Gasteiger partial charge < -0.3 is 4.74 Å². The molecule has 1 aromatic rings.